The van der Waals surface area contributed by atoms with Crippen molar-refractivity contribution in [1.82, 2.24) is 0 Å². The van der Waals surface area contributed by atoms with Gasteiger partial charge in [-0.3, -0.25) is 14.4 Å². The van der Waals surface area contributed by atoms with Crippen LogP contribution in [0.3, 0.4) is 0 Å². The molecule has 0 aromatic rings. The van der Waals surface area contributed by atoms with Crippen LogP contribution in [-0.2, 0) is 28.6 Å². The quantitative estimate of drug-likeness (QED) is 0.527. The van der Waals surface area contributed by atoms with Crippen LogP contribution in [0, 0.1) is 22.7 Å². The number of aliphatic hydroxyl groups excluding tert-OH is 1. The Morgan fingerprint density at radius 3 is 2.65 bits per heavy atom. The maximum absolute atomic E-state index is 17.4. The highest BCUT2D eigenvalue weighted by molar-refractivity contribution is 6.01. The average molecular weight is 519 g/mol. The fraction of sp³-hybridized carbons (Fsp3) is 0.759. The van der Waals surface area contributed by atoms with Gasteiger partial charge in [0.05, 0.1) is 12.2 Å². The lowest BCUT2D eigenvalue weighted by Gasteiger charge is -2.62. The summed E-state index contributed by atoms with van der Waals surface area (Å²) >= 11 is 0. The van der Waals surface area contributed by atoms with Crippen LogP contribution in [0.25, 0.3) is 0 Å². The van der Waals surface area contributed by atoms with Crippen LogP contribution >= 0.6 is 0 Å². The van der Waals surface area contributed by atoms with Crippen molar-refractivity contribution in [1.29, 1.82) is 0 Å². The molecule has 37 heavy (non-hydrogen) atoms. The topological polar surface area (TPSA) is 99.1 Å². The molecular weight excluding hydrogens is 479 g/mol. The van der Waals surface area contributed by atoms with Crippen molar-refractivity contribution in [3.63, 3.8) is 0 Å². The molecule has 0 aromatic heterocycles. The number of fused-ring (bicyclic) bond motifs is 7. The van der Waals surface area contributed by atoms with E-state index in [4.69, 9.17) is 14.2 Å². The summed E-state index contributed by atoms with van der Waals surface area (Å²) in [5, 5.41) is 11.6. The molecule has 1 N–H and O–H groups in total. The molecule has 5 aliphatic rings. The summed E-state index contributed by atoms with van der Waals surface area (Å²) in [4.78, 5) is 38.2. The van der Waals surface area contributed by atoms with E-state index in [-0.39, 0.29) is 24.5 Å². The number of ketones is 2. The van der Waals surface area contributed by atoms with Gasteiger partial charge in [0.2, 0.25) is 5.78 Å². The molecule has 5 rings (SSSR count). The van der Waals surface area contributed by atoms with Crippen LogP contribution < -0.4 is 0 Å². The lowest BCUT2D eigenvalue weighted by Crippen LogP contribution is -2.70. The Balaban J connectivity index is 1.52. The van der Waals surface area contributed by atoms with E-state index in [0.29, 0.717) is 31.3 Å². The van der Waals surface area contributed by atoms with Crippen molar-refractivity contribution in [3.05, 3.63) is 23.8 Å². The molecule has 8 unspecified atom stereocenters. The first kappa shape index (κ1) is 26.7. The zero-order valence-electron chi connectivity index (χ0n) is 22.5. The molecule has 7 nitrogen and oxygen atoms in total. The highest BCUT2D eigenvalue weighted by atomic mass is 19.1. The number of unbranched alkanes of at least 4 members (excludes halogenated alkanes) is 1. The summed E-state index contributed by atoms with van der Waals surface area (Å²) in [6.45, 7) is 8.68. The Morgan fingerprint density at radius 1 is 1.22 bits per heavy atom. The molecule has 1 saturated heterocycles. The first-order valence-electron chi connectivity index (χ1n) is 13.6. The minimum absolute atomic E-state index is 0.0131. The number of ether oxygens (including phenoxy) is 3. The standard InChI is InChI=1S/C29H39FO7/c1-6-7-8-24(34)35-16-22(33)29-23(36-25(2,3)37-29)14-20-19-10-9-17-13-18(31)11-12-26(17,4)28(19,30)21(32)15-27(20,29)5/h11-13,19-21,23,32H,6-10,14-16H2,1-5H3. The van der Waals surface area contributed by atoms with Gasteiger partial charge in [0.25, 0.3) is 0 Å². The van der Waals surface area contributed by atoms with Gasteiger partial charge >= 0.3 is 5.97 Å². The van der Waals surface area contributed by atoms with E-state index in [9.17, 15) is 19.5 Å². The number of rotatable bonds is 6. The summed E-state index contributed by atoms with van der Waals surface area (Å²) in [6.07, 6.45) is 5.59. The van der Waals surface area contributed by atoms with E-state index in [2.05, 4.69) is 0 Å². The first-order chi connectivity index (χ1) is 17.2. The monoisotopic (exact) mass is 518 g/mol. The Bertz CT molecular complexity index is 1080. The van der Waals surface area contributed by atoms with Gasteiger partial charge in [0.1, 0.15) is 0 Å². The van der Waals surface area contributed by atoms with Crippen LogP contribution in [0.5, 0.6) is 0 Å². The molecular formula is C29H39FO7. The largest absolute Gasteiger partial charge is 0.458 e. The van der Waals surface area contributed by atoms with E-state index in [1.165, 1.54) is 12.2 Å². The molecule has 0 radical (unpaired) electrons. The molecule has 1 aliphatic heterocycles. The number of carbonyl (C=O) groups excluding carboxylic acids is 3. The third-order valence-electron chi connectivity index (χ3n) is 10.1. The molecule has 4 fully saturated rings. The molecule has 8 heteroatoms. The SMILES string of the molecule is CCCCC(=O)OCC(=O)C12OC(C)(C)OC1CC1C3CCC4=CC(=O)C=CC4(C)C3(F)C(O)CC12C. The van der Waals surface area contributed by atoms with Crippen molar-refractivity contribution in [2.45, 2.75) is 109 Å². The zero-order chi connectivity index (χ0) is 27.0. The summed E-state index contributed by atoms with van der Waals surface area (Å²) < 4.78 is 35.5. The van der Waals surface area contributed by atoms with Gasteiger partial charge in [-0.2, -0.15) is 0 Å². The van der Waals surface area contributed by atoms with Gasteiger partial charge < -0.3 is 19.3 Å². The van der Waals surface area contributed by atoms with Crippen molar-refractivity contribution < 1.29 is 38.1 Å². The first-order valence-corrected chi connectivity index (χ1v) is 13.6. The molecule has 0 aromatic carbocycles. The molecule has 8 atom stereocenters. The Kier molecular flexibility index (Phi) is 6.17. The Hall–Kier alpha value is -1.90. The molecule has 0 spiro atoms. The zero-order valence-corrected chi connectivity index (χ0v) is 22.5. The fourth-order valence-corrected chi connectivity index (χ4v) is 8.46. The fourth-order valence-electron chi connectivity index (χ4n) is 8.46. The van der Waals surface area contributed by atoms with Gasteiger partial charge in [-0.1, -0.05) is 31.9 Å². The van der Waals surface area contributed by atoms with Crippen LogP contribution in [-0.4, -0.2) is 58.5 Å². The number of carbonyl (C=O) groups is 3. The average Bonchev–Trinajstić information content (AvgIpc) is 3.23. The van der Waals surface area contributed by atoms with E-state index >= 15 is 4.39 Å². The second kappa shape index (κ2) is 8.55. The van der Waals surface area contributed by atoms with Crippen molar-refractivity contribution in [3.8, 4) is 0 Å². The van der Waals surface area contributed by atoms with Crippen molar-refractivity contribution in [2.24, 2.45) is 22.7 Å². The highest BCUT2D eigenvalue weighted by Gasteiger charge is 2.80. The lowest BCUT2D eigenvalue weighted by atomic mass is 9.44. The second-order valence-corrected chi connectivity index (χ2v) is 12.5. The van der Waals surface area contributed by atoms with Crippen LogP contribution in [0.1, 0.15) is 79.6 Å². The number of esters is 1. The van der Waals surface area contributed by atoms with Gasteiger partial charge in [-0.25, -0.2) is 4.39 Å². The number of hydrogen-bond acceptors (Lipinski definition) is 7. The molecule has 0 amide bonds. The number of aliphatic hydroxyl groups is 1. The predicted octanol–water partition coefficient (Wildman–Crippen LogP) is 4.16. The second-order valence-electron chi connectivity index (χ2n) is 12.5. The number of alkyl halides is 1. The van der Waals surface area contributed by atoms with Crippen LogP contribution in [0.4, 0.5) is 4.39 Å². The number of halogens is 1. The molecule has 204 valence electrons. The highest BCUT2D eigenvalue weighted by Crippen LogP contribution is 2.72. The van der Waals surface area contributed by atoms with E-state index in [1.54, 1.807) is 26.8 Å². The summed E-state index contributed by atoms with van der Waals surface area (Å²) in [7, 11) is 0. The molecule has 0 bridgehead atoms. The normalized spacial score (nSPS) is 45.4. The third-order valence-corrected chi connectivity index (χ3v) is 10.1. The molecule has 4 aliphatic carbocycles. The maximum Gasteiger partial charge on any atom is 0.306 e. The van der Waals surface area contributed by atoms with E-state index in [1.807, 2.05) is 13.8 Å². The minimum Gasteiger partial charge on any atom is -0.458 e. The predicted molar refractivity (Wildman–Crippen MR) is 132 cm³/mol. The van der Waals surface area contributed by atoms with Gasteiger partial charge in [-0.15, -0.1) is 0 Å². The van der Waals surface area contributed by atoms with Crippen LogP contribution in [0.15, 0.2) is 23.8 Å². The maximum atomic E-state index is 17.4. The summed E-state index contributed by atoms with van der Waals surface area (Å²) in [5.41, 5.74) is -4.83. The smallest absolute Gasteiger partial charge is 0.306 e. The number of allylic oxidation sites excluding steroid dienone is 4. The van der Waals surface area contributed by atoms with Gasteiger partial charge in [-0.05, 0) is 70.9 Å². The molecule has 3 saturated carbocycles. The molecule has 1 heterocycles. The van der Waals surface area contributed by atoms with Gasteiger partial charge in [0.15, 0.2) is 29.4 Å². The Morgan fingerprint density at radius 2 is 1.95 bits per heavy atom. The Labute approximate surface area is 217 Å². The number of hydrogen-bond donors (Lipinski definition) is 1. The van der Waals surface area contributed by atoms with E-state index < -0.39 is 64.4 Å². The summed E-state index contributed by atoms with van der Waals surface area (Å²) in [6, 6.07) is 0. The van der Waals surface area contributed by atoms with Crippen LogP contribution in [0.2, 0.25) is 0 Å². The lowest BCUT2D eigenvalue weighted by molar-refractivity contribution is -0.246. The van der Waals surface area contributed by atoms with E-state index in [0.717, 1.165) is 6.42 Å². The number of Topliss-reactive ketones (excluding diaryl/α,β-unsaturated/α-hetero) is 1. The third kappa shape index (κ3) is 3.51. The van der Waals surface area contributed by atoms with Crippen molar-refractivity contribution >= 4 is 17.5 Å². The minimum atomic E-state index is -2.01. The van der Waals surface area contributed by atoms with Gasteiger partial charge in [0, 0.05) is 23.2 Å². The van der Waals surface area contributed by atoms with Crippen molar-refractivity contribution in [2.75, 3.05) is 6.61 Å². The summed E-state index contributed by atoms with van der Waals surface area (Å²) in [5.74, 6) is -2.95.